The highest BCUT2D eigenvalue weighted by Gasteiger charge is 2.11. The largest absolute Gasteiger partial charge is 0.309 e. The zero-order valence-electron chi connectivity index (χ0n) is 10.5. The van der Waals surface area contributed by atoms with Gasteiger partial charge in [-0.3, -0.25) is 4.79 Å². The Hall–Kier alpha value is -1.64. The molecular weight excluding hydrogens is 246 g/mol. The monoisotopic (exact) mass is 261 g/mol. The maximum absolute atomic E-state index is 12.0. The van der Waals surface area contributed by atoms with E-state index in [2.05, 4.69) is 21.2 Å². The average molecular weight is 261 g/mol. The van der Waals surface area contributed by atoms with Crippen LogP contribution in [0.25, 0.3) is 10.2 Å². The Kier molecular flexibility index (Phi) is 3.80. The van der Waals surface area contributed by atoms with Crippen LogP contribution >= 0.6 is 11.3 Å². The molecule has 94 valence electrons. The molecule has 0 saturated carbocycles. The molecular formula is C13H15N3OS. The van der Waals surface area contributed by atoms with Crippen molar-refractivity contribution < 1.29 is 0 Å². The van der Waals surface area contributed by atoms with Crippen molar-refractivity contribution in [3.8, 4) is 12.3 Å². The third kappa shape index (κ3) is 2.45. The van der Waals surface area contributed by atoms with Gasteiger partial charge in [-0.05, 0) is 19.4 Å². The molecule has 0 saturated heterocycles. The summed E-state index contributed by atoms with van der Waals surface area (Å²) in [4.78, 5) is 21.2. The highest BCUT2D eigenvalue weighted by molar-refractivity contribution is 7.18. The predicted molar refractivity (Wildman–Crippen MR) is 74.9 cm³/mol. The van der Waals surface area contributed by atoms with Crippen molar-refractivity contribution in [3.63, 3.8) is 0 Å². The molecule has 0 atom stereocenters. The lowest BCUT2D eigenvalue weighted by atomic mass is 10.2. The van der Waals surface area contributed by atoms with Crippen molar-refractivity contribution in [2.75, 3.05) is 6.54 Å². The van der Waals surface area contributed by atoms with Crippen molar-refractivity contribution >= 4 is 21.6 Å². The fourth-order valence-corrected chi connectivity index (χ4v) is 2.80. The topological polar surface area (TPSA) is 57.8 Å². The SMILES string of the molecule is C#CCCNCc1nc2sc(C)c(C)c2c(=O)[nH]1. The molecule has 0 fully saturated rings. The van der Waals surface area contributed by atoms with Crippen LogP contribution in [0.3, 0.4) is 0 Å². The second-order valence-corrected chi connectivity index (χ2v) is 5.31. The Morgan fingerprint density at radius 3 is 3.00 bits per heavy atom. The Balaban J connectivity index is 2.27. The molecule has 0 bridgehead atoms. The van der Waals surface area contributed by atoms with Crippen molar-refractivity contribution in [2.45, 2.75) is 26.8 Å². The number of rotatable bonds is 4. The highest BCUT2D eigenvalue weighted by atomic mass is 32.1. The number of aromatic amines is 1. The van der Waals surface area contributed by atoms with E-state index in [0.29, 0.717) is 24.2 Å². The number of aryl methyl sites for hydroxylation is 2. The van der Waals surface area contributed by atoms with E-state index in [0.717, 1.165) is 21.8 Å². The molecule has 0 aliphatic heterocycles. The minimum atomic E-state index is -0.0596. The van der Waals surface area contributed by atoms with Gasteiger partial charge in [0.1, 0.15) is 10.7 Å². The Morgan fingerprint density at radius 1 is 1.50 bits per heavy atom. The summed E-state index contributed by atoms with van der Waals surface area (Å²) in [6.07, 6.45) is 5.83. The standard InChI is InChI=1S/C13H15N3OS/c1-4-5-6-14-7-10-15-12(17)11-8(2)9(3)18-13(11)16-10/h1,14H,5-7H2,2-3H3,(H,15,16,17). The van der Waals surface area contributed by atoms with E-state index in [9.17, 15) is 4.79 Å². The molecule has 18 heavy (non-hydrogen) atoms. The summed E-state index contributed by atoms with van der Waals surface area (Å²) in [5.41, 5.74) is 0.964. The molecule has 2 N–H and O–H groups in total. The lowest BCUT2D eigenvalue weighted by Crippen LogP contribution is -2.20. The Labute approximate surface area is 109 Å². The summed E-state index contributed by atoms with van der Waals surface area (Å²) in [6, 6.07) is 0. The fourth-order valence-electron chi connectivity index (χ4n) is 1.75. The molecule has 4 nitrogen and oxygen atoms in total. The van der Waals surface area contributed by atoms with Gasteiger partial charge in [-0.15, -0.1) is 23.7 Å². The summed E-state index contributed by atoms with van der Waals surface area (Å²) in [7, 11) is 0. The van der Waals surface area contributed by atoms with Crippen molar-refractivity contribution in [3.05, 3.63) is 26.6 Å². The van der Waals surface area contributed by atoms with Crippen molar-refractivity contribution in [2.24, 2.45) is 0 Å². The average Bonchev–Trinajstić information content (AvgIpc) is 2.61. The molecule has 5 heteroatoms. The van der Waals surface area contributed by atoms with Gasteiger partial charge in [-0.25, -0.2) is 4.98 Å². The van der Waals surface area contributed by atoms with E-state index in [-0.39, 0.29) is 5.56 Å². The number of thiophene rings is 1. The summed E-state index contributed by atoms with van der Waals surface area (Å²) in [6.45, 7) is 5.21. The first-order valence-electron chi connectivity index (χ1n) is 5.76. The van der Waals surface area contributed by atoms with Crippen LogP contribution in [0.15, 0.2) is 4.79 Å². The summed E-state index contributed by atoms with van der Waals surface area (Å²) in [5, 5.41) is 3.86. The van der Waals surface area contributed by atoms with E-state index >= 15 is 0 Å². The fraction of sp³-hybridized carbons (Fsp3) is 0.385. The molecule has 0 aliphatic carbocycles. The molecule has 0 amide bonds. The van der Waals surface area contributed by atoms with Crippen LogP contribution in [0.4, 0.5) is 0 Å². The first-order valence-corrected chi connectivity index (χ1v) is 6.58. The molecule has 0 spiro atoms. The van der Waals surface area contributed by atoms with Crippen LogP contribution in [-0.4, -0.2) is 16.5 Å². The number of hydrogen-bond acceptors (Lipinski definition) is 4. The lowest BCUT2D eigenvalue weighted by Gasteiger charge is -2.02. The van der Waals surface area contributed by atoms with Crippen molar-refractivity contribution in [1.82, 2.24) is 15.3 Å². The predicted octanol–water partition coefficient (Wildman–Crippen LogP) is 1.71. The Morgan fingerprint density at radius 2 is 2.28 bits per heavy atom. The van der Waals surface area contributed by atoms with Gasteiger partial charge >= 0.3 is 0 Å². The molecule has 2 rings (SSSR count). The van der Waals surface area contributed by atoms with Gasteiger partial charge in [0.25, 0.3) is 5.56 Å². The Bertz CT molecular complexity index is 663. The summed E-state index contributed by atoms with van der Waals surface area (Å²) < 4.78 is 0. The third-order valence-corrected chi connectivity index (χ3v) is 3.93. The number of fused-ring (bicyclic) bond motifs is 1. The molecule has 0 aliphatic rings. The number of H-pyrrole nitrogens is 1. The zero-order valence-corrected chi connectivity index (χ0v) is 11.3. The van der Waals surface area contributed by atoms with E-state index in [1.165, 1.54) is 0 Å². The molecule has 0 radical (unpaired) electrons. The first kappa shape index (κ1) is 12.8. The van der Waals surface area contributed by atoms with Gasteiger partial charge < -0.3 is 10.3 Å². The van der Waals surface area contributed by atoms with Gasteiger partial charge in [0, 0.05) is 17.8 Å². The van der Waals surface area contributed by atoms with E-state index in [1.54, 1.807) is 11.3 Å². The number of hydrogen-bond donors (Lipinski definition) is 2. The normalized spacial score (nSPS) is 10.7. The van der Waals surface area contributed by atoms with E-state index < -0.39 is 0 Å². The minimum absolute atomic E-state index is 0.0596. The maximum Gasteiger partial charge on any atom is 0.259 e. The maximum atomic E-state index is 12.0. The van der Waals surface area contributed by atoms with Gasteiger partial charge in [-0.2, -0.15) is 0 Å². The van der Waals surface area contributed by atoms with Gasteiger partial charge in [0.15, 0.2) is 0 Å². The smallest absolute Gasteiger partial charge is 0.259 e. The molecule has 2 heterocycles. The number of terminal acetylenes is 1. The molecule has 2 aromatic heterocycles. The minimum Gasteiger partial charge on any atom is -0.309 e. The summed E-state index contributed by atoms with van der Waals surface area (Å²) in [5.74, 6) is 3.21. The zero-order chi connectivity index (χ0) is 13.1. The second-order valence-electron chi connectivity index (χ2n) is 4.11. The highest BCUT2D eigenvalue weighted by Crippen LogP contribution is 2.25. The van der Waals surface area contributed by atoms with E-state index in [1.807, 2.05) is 13.8 Å². The van der Waals surface area contributed by atoms with Crippen LogP contribution in [0.5, 0.6) is 0 Å². The van der Waals surface area contributed by atoms with Gasteiger partial charge in [0.2, 0.25) is 0 Å². The molecule has 0 unspecified atom stereocenters. The van der Waals surface area contributed by atoms with Crippen LogP contribution in [0, 0.1) is 26.2 Å². The summed E-state index contributed by atoms with van der Waals surface area (Å²) >= 11 is 1.56. The van der Waals surface area contributed by atoms with Crippen LogP contribution in [0.1, 0.15) is 22.7 Å². The van der Waals surface area contributed by atoms with Crippen LogP contribution < -0.4 is 10.9 Å². The van der Waals surface area contributed by atoms with E-state index in [4.69, 9.17) is 6.42 Å². The number of aromatic nitrogens is 2. The van der Waals surface area contributed by atoms with Gasteiger partial charge in [0.05, 0.1) is 11.9 Å². The van der Waals surface area contributed by atoms with Crippen LogP contribution in [0.2, 0.25) is 0 Å². The van der Waals surface area contributed by atoms with Crippen molar-refractivity contribution in [1.29, 1.82) is 0 Å². The van der Waals surface area contributed by atoms with Gasteiger partial charge in [-0.1, -0.05) is 0 Å². The quantitative estimate of drug-likeness (QED) is 0.651. The van der Waals surface area contributed by atoms with Crippen LogP contribution in [-0.2, 0) is 6.54 Å². The first-order chi connectivity index (χ1) is 8.63. The second kappa shape index (κ2) is 5.34. The lowest BCUT2D eigenvalue weighted by molar-refractivity contribution is 0.671. The number of nitrogens with zero attached hydrogens (tertiary/aromatic N) is 1. The molecule has 0 aromatic carbocycles. The molecule has 2 aromatic rings. The third-order valence-electron chi connectivity index (χ3n) is 2.83. The number of nitrogens with one attached hydrogen (secondary N) is 2.